The summed E-state index contributed by atoms with van der Waals surface area (Å²) in [6.45, 7) is 0. The quantitative estimate of drug-likeness (QED) is 0.641. The van der Waals surface area contributed by atoms with Crippen molar-refractivity contribution in [2.24, 2.45) is 5.84 Å². The van der Waals surface area contributed by atoms with E-state index in [2.05, 4.69) is 21.4 Å². The first-order valence-corrected chi connectivity index (χ1v) is 6.36. The van der Waals surface area contributed by atoms with Gasteiger partial charge in [0.25, 0.3) is 0 Å². The fourth-order valence-electron chi connectivity index (χ4n) is 1.33. The number of hydrogen-bond donors (Lipinski definition) is 2. The van der Waals surface area contributed by atoms with E-state index in [1.165, 1.54) is 11.3 Å². The highest BCUT2D eigenvalue weighted by Gasteiger charge is 2.26. The van der Waals surface area contributed by atoms with Crippen LogP contribution < -0.4 is 11.3 Å². The zero-order valence-electron chi connectivity index (χ0n) is 8.35. The van der Waals surface area contributed by atoms with Gasteiger partial charge in [-0.05, 0) is 34.8 Å². The minimum absolute atomic E-state index is 0.0773. The number of nitrogens with one attached hydrogen (secondary N) is 1. The lowest BCUT2D eigenvalue weighted by Crippen LogP contribution is -2.27. The van der Waals surface area contributed by atoms with Crippen LogP contribution >= 0.6 is 27.3 Å². The van der Waals surface area contributed by atoms with E-state index < -0.39 is 12.6 Å². The predicted octanol–water partition coefficient (Wildman–Crippen LogP) is 3.75. The number of hydrazine groups is 1. The van der Waals surface area contributed by atoms with Crippen molar-refractivity contribution in [2.75, 3.05) is 0 Å². The van der Waals surface area contributed by atoms with Crippen LogP contribution in [0, 0.1) is 0 Å². The molecule has 1 aromatic heterocycles. The smallest absolute Gasteiger partial charge is 0.271 e. The van der Waals surface area contributed by atoms with Gasteiger partial charge in [0.2, 0.25) is 0 Å². The van der Waals surface area contributed by atoms with Crippen LogP contribution in [0.25, 0.3) is 0 Å². The molecule has 16 heavy (non-hydrogen) atoms. The zero-order chi connectivity index (χ0) is 12.2. The molecule has 1 heterocycles. The summed E-state index contributed by atoms with van der Waals surface area (Å²) < 4.78 is 36.8. The molecule has 0 fully saturated rings. The molecular formula is C9H12BrF3N2S. The van der Waals surface area contributed by atoms with Crippen molar-refractivity contribution in [3.63, 3.8) is 0 Å². The number of nitrogens with two attached hydrogens (primary N) is 1. The van der Waals surface area contributed by atoms with Crippen molar-refractivity contribution < 1.29 is 13.2 Å². The predicted molar refractivity (Wildman–Crippen MR) is 62.0 cm³/mol. The van der Waals surface area contributed by atoms with Crippen LogP contribution in [-0.4, -0.2) is 6.18 Å². The summed E-state index contributed by atoms with van der Waals surface area (Å²) in [6, 6.07) is 1.65. The molecule has 92 valence electrons. The molecule has 0 amide bonds. The van der Waals surface area contributed by atoms with Crippen LogP contribution in [0.3, 0.4) is 0 Å². The van der Waals surface area contributed by atoms with E-state index in [0.717, 1.165) is 9.35 Å². The molecule has 0 aliphatic rings. The van der Waals surface area contributed by atoms with E-state index in [-0.39, 0.29) is 12.5 Å². The standard InChI is InChI=1S/C9H12BrF3N2S/c10-6-4-8(16-5-6)7(15-14)2-1-3-9(11,12)13/h4-5,7,15H,1-3,14H2. The molecule has 0 spiro atoms. The van der Waals surface area contributed by atoms with Gasteiger partial charge in [-0.3, -0.25) is 11.3 Å². The van der Waals surface area contributed by atoms with Crippen molar-refractivity contribution in [1.82, 2.24) is 5.43 Å². The second kappa shape index (κ2) is 6.00. The SMILES string of the molecule is NNC(CCCC(F)(F)F)c1cc(Br)cs1. The lowest BCUT2D eigenvalue weighted by Gasteiger charge is -2.14. The third-order valence-corrected chi connectivity index (χ3v) is 3.89. The Morgan fingerprint density at radius 3 is 2.62 bits per heavy atom. The minimum Gasteiger partial charge on any atom is -0.271 e. The summed E-state index contributed by atoms with van der Waals surface area (Å²) in [5.41, 5.74) is 2.54. The van der Waals surface area contributed by atoms with Gasteiger partial charge in [0, 0.05) is 21.2 Å². The Kier molecular flexibility index (Phi) is 5.23. The van der Waals surface area contributed by atoms with Gasteiger partial charge in [0.15, 0.2) is 0 Å². The van der Waals surface area contributed by atoms with Gasteiger partial charge in [-0.1, -0.05) is 0 Å². The van der Waals surface area contributed by atoms with Crippen LogP contribution in [0.5, 0.6) is 0 Å². The Bertz CT molecular complexity index is 327. The Balaban J connectivity index is 2.44. The number of rotatable bonds is 5. The second-order valence-electron chi connectivity index (χ2n) is 3.39. The Morgan fingerprint density at radius 2 is 2.19 bits per heavy atom. The highest BCUT2D eigenvalue weighted by Crippen LogP contribution is 2.30. The van der Waals surface area contributed by atoms with Gasteiger partial charge in [-0.25, -0.2) is 0 Å². The Hall–Kier alpha value is -0.110. The molecule has 1 atom stereocenters. The normalized spacial score (nSPS) is 14.1. The summed E-state index contributed by atoms with van der Waals surface area (Å²) >= 11 is 4.76. The number of hydrogen-bond acceptors (Lipinski definition) is 3. The minimum atomic E-state index is -4.09. The van der Waals surface area contributed by atoms with E-state index >= 15 is 0 Å². The number of halogens is 4. The maximum absolute atomic E-state index is 12.0. The van der Waals surface area contributed by atoms with Crippen LogP contribution in [0.15, 0.2) is 15.9 Å². The lowest BCUT2D eigenvalue weighted by molar-refractivity contribution is -0.135. The summed E-state index contributed by atoms with van der Waals surface area (Å²) in [6.07, 6.45) is -4.40. The largest absolute Gasteiger partial charge is 0.389 e. The van der Waals surface area contributed by atoms with E-state index in [0.29, 0.717) is 6.42 Å². The third kappa shape index (κ3) is 4.82. The molecule has 1 unspecified atom stereocenters. The van der Waals surface area contributed by atoms with Crippen LogP contribution in [0.1, 0.15) is 30.2 Å². The summed E-state index contributed by atoms with van der Waals surface area (Å²) in [7, 11) is 0. The van der Waals surface area contributed by atoms with Gasteiger partial charge >= 0.3 is 6.18 Å². The van der Waals surface area contributed by atoms with Crippen molar-refractivity contribution in [2.45, 2.75) is 31.5 Å². The molecule has 0 aliphatic heterocycles. The summed E-state index contributed by atoms with van der Waals surface area (Å²) in [5.74, 6) is 5.32. The van der Waals surface area contributed by atoms with Crippen molar-refractivity contribution in [1.29, 1.82) is 0 Å². The van der Waals surface area contributed by atoms with E-state index in [4.69, 9.17) is 5.84 Å². The first-order chi connectivity index (χ1) is 7.42. The highest BCUT2D eigenvalue weighted by atomic mass is 79.9. The molecule has 0 saturated heterocycles. The van der Waals surface area contributed by atoms with Crippen LogP contribution in [0.2, 0.25) is 0 Å². The molecular weight excluding hydrogens is 305 g/mol. The zero-order valence-corrected chi connectivity index (χ0v) is 10.8. The Labute approximate surface area is 104 Å². The second-order valence-corrected chi connectivity index (χ2v) is 5.25. The van der Waals surface area contributed by atoms with Gasteiger partial charge in [0.05, 0.1) is 6.04 Å². The number of thiophene rings is 1. The average Bonchev–Trinajstić information content (AvgIpc) is 2.58. The van der Waals surface area contributed by atoms with Gasteiger partial charge in [-0.15, -0.1) is 11.3 Å². The first kappa shape index (κ1) is 14.0. The average molecular weight is 317 g/mol. The van der Waals surface area contributed by atoms with Gasteiger partial charge in [-0.2, -0.15) is 13.2 Å². The van der Waals surface area contributed by atoms with Gasteiger partial charge < -0.3 is 0 Å². The molecule has 0 aromatic carbocycles. The van der Waals surface area contributed by atoms with Crippen LogP contribution in [0.4, 0.5) is 13.2 Å². The topological polar surface area (TPSA) is 38.0 Å². The molecule has 0 aliphatic carbocycles. The van der Waals surface area contributed by atoms with E-state index in [9.17, 15) is 13.2 Å². The third-order valence-electron chi connectivity index (χ3n) is 2.09. The molecule has 7 heteroatoms. The van der Waals surface area contributed by atoms with Crippen LogP contribution in [-0.2, 0) is 0 Å². The summed E-state index contributed by atoms with van der Waals surface area (Å²) in [4.78, 5) is 0.941. The maximum atomic E-state index is 12.0. The lowest BCUT2D eigenvalue weighted by atomic mass is 10.1. The number of alkyl halides is 3. The van der Waals surface area contributed by atoms with Crippen molar-refractivity contribution in [3.8, 4) is 0 Å². The van der Waals surface area contributed by atoms with Crippen molar-refractivity contribution >= 4 is 27.3 Å². The van der Waals surface area contributed by atoms with Crippen molar-refractivity contribution in [3.05, 3.63) is 20.8 Å². The molecule has 0 saturated carbocycles. The molecule has 1 rings (SSSR count). The molecule has 3 N–H and O–H groups in total. The molecule has 0 radical (unpaired) electrons. The maximum Gasteiger partial charge on any atom is 0.389 e. The van der Waals surface area contributed by atoms with E-state index in [1.54, 1.807) is 0 Å². The van der Waals surface area contributed by atoms with Gasteiger partial charge in [0.1, 0.15) is 0 Å². The molecule has 0 bridgehead atoms. The monoisotopic (exact) mass is 316 g/mol. The molecule has 1 aromatic rings. The first-order valence-electron chi connectivity index (χ1n) is 4.69. The Morgan fingerprint density at radius 1 is 1.50 bits per heavy atom. The molecule has 2 nitrogen and oxygen atoms in total. The van der Waals surface area contributed by atoms with E-state index in [1.807, 2.05) is 11.4 Å². The fourth-order valence-corrected chi connectivity index (χ4v) is 2.87. The summed E-state index contributed by atoms with van der Waals surface area (Å²) in [5, 5.41) is 1.88. The fraction of sp³-hybridized carbons (Fsp3) is 0.556. The highest BCUT2D eigenvalue weighted by molar-refractivity contribution is 9.10.